The van der Waals surface area contributed by atoms with Crippen LogP contribution in [0.3, 0.4) is 0 Å². The highest BCUT2D eigenvalue weighted by Gasteiger charge is 2.34. The monoisotopic (exact) mass is 653 g/mol. The number of ether oxygens (including phenoxy) is 3. The predicted molar refractivity (Wildman–Crippen MR) is 180 cm³/mol. The van der Waals surface area contributed by atoms with Gasteiger partial charge >= 0.3 is 12.1 Å². The van der Waals surface area contributed by atoms with Crippen LogP contribution in [0.4, 0.5) is 10.5 Å². The van der Waals surface area contributed by atoms with Gasteiger partial charge in [0, 0.05) is 24.6 Å². The van der Waals surface area contributed by atoms with Crippen molar-refractivity contribution >= 4 is 29.6 Å². The number of hydrogen-bond acceptors (Lipinski definition) is 9. The summed E-state index contributed by atoms with van der Waals surface area (Å²) in [4.78, 5) is 44.9. The third-order valence-corrected chi connectivity index (χ3v) is 9.03. The molecule has 252 valence electrons. The molecule has 0 radical (unpaired) electrons. The Kier molecular flexibility index (Phi) is 11.2. The van der Waals surface area contributed by atoms with Crippen LogP contribution in [0.25, 0.3) is 0 Å². The third kappa shape index (κ3) is 8.92. The second-order valence-corrected chi connectivity index (χ2v) is 12.5. The third-order valence-electron chi connectivity index (χ3n) is 9.03. The second kappa shape index (κ2) is 16.3. The van der Waals surface area contributed by atoms with Crippen molar-refractivity contribution in [3.05, 3.63) is 90.0 Å². The molecule has 2 unspecified atom stereocenters. The first kappa shape index (κ1) is 33.0. The van der Waals surface area contributed by atoms with Crippen molar-refractivity contribution in [1.82, 2.24) is 20.7 Å². The van der Waals surface area contributed by atoms with E-state index in [4.69, 9.17) is 14.2 Å². The summed E-state index contributed by atoms with van der Waals surface area (Å²) >= 11 is 0. The molecule has 0 aromatic heterocycles. The maximum Gasteiger partial charge on any atom is 0.419 e. The van der Waals surface area contributed by atoms with Crippen LogP contribution in [-0.2, 0) is 27.5 Å². The largest absolute Gasteiger partial charge is 0.493 e. The van der Waals surface area contributed by atoms with Crippen molar-refractivity contribution in [3.63, 3.8) is 0 Å². The van der Waals surface area contributed by atoms with Gasteiger partial charge in [-0.15, -0.1) is 0 Å². The van der Waals surface area contributed by atoms with E-state index in [9.17, 15) is 14.4 Å². The molecular weight excluding hydrogens is 610 g/mol. The minimum absolute atomic E-state index is 0.0165. The Morgan fingerprint density at radius 1 is 0.875 bits per heavy atom. The molecule has 6 rings (SSSR count). The van der Waals surface area contributed by atoms with Crippen molar-refractivity contribution in [2.45, 2.75) is 70.6 Å². The van der Waals surface area contributed by atoms with Crippen LogP contribution in [-0.4, -0.2) is 59.6 Å². The number of rotatable bonds is 11. The maximum absolute atomic E-state index is 13.0. The number of esters is 1. The number of fused-ring (bicyclic) bond motifs is 2. The smallest absolute Gasteiger partial charge is 0.419 e. The number of hydrogen-bond donors (Lipinski definition) is 2. The number of para-hydroxylation sites is 1. The fourth-order valence-corrected chi connectivity index (χ4v) is 6.69. The highest BCUT2D eigenvalue weighted by Crippen LogP contribution is 2.35. The van der Waals surface area contributed by atoms with E-state index >= 15 is 0 Å². The van der Waals surface area contributed by atoms with Gasteiger partial charge in [0.15, 0.2) is 0 Å². The molecule has 0 spiro atoms. The zero-order chi connectivity index (χ0) is 33.1. The molecule has 2 amide bonds. The number of carbonyl (C=O) groups excluding carboxylic acids is 3. The van der Waals surface area contributed by atoms with Gasteiger partial charge in [-0.05, 0) is 67.9 Å². The Labute approximate surface area is 281 Å². The van der Waals surface area contributed by atoms with Gasteiger partial charge in [-0.2, -0.15) is 0 Å². The van der Waals surface area contributed by atoms with Crippen molar-refractivity contribution in [2.75, 3.05) is 19.7 Å². The lowest BCUT2D eigenvalue weighted by Gasteiger charge is -2.43. The summed E-state index contributed by atoms with van der Waals surface area (Å²) < 4.78 is 17.1. The van der Waals surface area contributed by atoms with E-state index in [2.05, 4.69) is 20.7 Å². The van der Waals surface area contributed by atoms with Crippen LogP contribution in [0.1, 0.15) is 62.5 Å². The zero-order valence-electron chi connectivity index (χ0n) is 27.1. The van der Waals surface area contributed by atoms with Crippen LogP contribution in [0, 0.1) is 5.92 Å². The SMILES string of the molecule is O=C(CCCOc1cccc2c1CN(CC(=O)OCc1ccccc1)C(NC(=O)Oc1ccccc1)=N2)NN1CCCC2CCCCC21. The maximum atomic E-state index is 13.0. The molecule has 2 fully saturated rings. The molecule has 11 nitrogen and oxygen atoms in total. The summed E-state index contributed by atoms with van der Waals surface area (Å²) in [6.07, 6.45) is 7.50. The quantitative estimate of drug-likeness (QED) is 0.195. The summed E-state index contributed by atoms with van der Waals surface area (Å²) in [5, 5.41) is 4.87. The number of amides is 2. The van der Waals surface area contributed by atoms with Gasteiger partial charge in [-0.1, -0.05) is 67.4 Å². The molecule has 1 saturated heterocycles. The minimum atomic E-state index is -0.736. The first-order chi connectivity index (χ1) is 23.5. The molecule has 3 aliphatic rings. The number of nitrogens with zero attached hydrogens (tertiary/aromatic N) is 3. The lowest BCUT2D eigenvalue weighted by molar-refractivity contribution is -0.145. The highest BCUT2D eigenvalue weighted by atomic mass is 16.6. The van der Waals surface area contributed by atoms with Crippen LogP contribution >= 0.6 is 0 Å². The lowest BCUT2D eigenvalue weighted by Crippen LogP contribution is -2.55. The number of guanidine groups is 1. The van der Waals surface area contributed by atoms with Gasteiger partial charge in [-0.25, -0.2) is 14.8 Å². The molecule has 2 atom stereocenters. The van der Waals surface area contributed by atoms with Crippen LogP contribution in [0.15, 0.2) is 83.9 Å². The Morgan fingerprint density at radius 2 is 1.65 bits per heavy atom. The lowest BCUT2D eigenvalue weighted by atomic mass is 9.79. The van der Waals surface area contributed by atoms with Gasteiger partial charge < -0.3 is 19.1 Å². The summed E-state index contributed by atoms with van der Waals surface area (Å²) in [5.41, 5.74) is 5.40. The molecular formula is C37H43N5O6. The molecule has 2 N–H and O–H groups in total. The number of nitrogens with one attached hydrogen (secondary N) is 2. The Hall–Kier alpha value is -4.90. The van der Waals surface area contributed by atoms with E-state index in [-0.39, 0.29) is 31.6 Å². The van der Waals surface area contributed by atoms with E-state index < -0.39 is 12.1 Å². The van der Waals surface area contributed by atoms with E-state index in [1.807, 2.05) is 54.6 Å². The average molecular weight is 654 g/mol. The molecule has 11 heteroatoms. The van der Waals surface area contributed by atoms with Gasteiger partial charge in [0.05, 0.1) is 18.8 Å². The van der Waals surface area contributed by atoms with Crippen molar-refractivity contribution in [3.8, 4) is 11.5 Å². The minimum Gasteiger partial charge on any atom is -0.493 e. The Bertz CT molecular complexity index is 1580. The van der Waals surface area contributed by atoms with Crippen LogP contribution in [0.5, 0.6) is 11.5 Å². The van der Waals surface area contributed by atoms with E-state index in [1.54, 1.807) is 29.2 Å². The standard InChI is InChI=1S/C37H43N5O6/c43-34(40-42-22-10-15-28-14-7-8-19-32(28)42)21-11-23-46-33-20-9-18-31-30(33)24-41(25-35(44)47-26-27-12-3-1-4-13-27)36(38-31)39-37(45)48-29-16-5-2-6-17-29/h1-6,9,12-13,16-18,20,28,32H,7-8,10-11,14-15,19,21-26H2,(H,40,43)(H,38,39,45). The summed E-state index contributed by atoms with van der Waals surface area (Å²) in [7, 11) is 0. The number of aliphatic imine (C=N–C) groups is 1. The van der Waals surface area contributed by atoms with Crippen LogP contribution < -0.4 is 20.2 Å². The summed E-state index contributed by atoms with van der Waals surface area (Å²) in [6.45, 7) is 1.45. The number of carbonyl (C=O) groups is 3. The van der Waals surface area contributed by atoms with E-state index in [0.717, 1.165) is 30.5 Å². The fourth-order valence-electron chi connectivity index (χ4n) is 6.69. The normalized spacial score (nSPS) is 18.8. The Balaban J connectivity index is 1.07. The molecule has 1 saturated carbocycles. The van der Waals surface area contributed by atoms with E-state index in [1.165, 1.54) is 25.7 Å². The summed E-state index contributed by atoms with van der Waals surface area (Å²) in [5.74, 6) is 1.37. The predicted octanol–water partition coefficient (Wildman–Crippen LogP) is 5.87. The van der Waals surface area contributed by atoms with Crippen molar-refractivity contribution < 1.29 is 28.6 Å². The van der Waals surface area contributed by atoms with E-state index in [0.29, 0.717) is 48.6 Å². The molecule has 3 aromatic rings. The molecule has 2 heterocycles. The van der Waals surface area contributed by atoms with Gasteiger partial charge in [0.2, 0.25) is 11.9 Å². The first-order valence-corrected chi connectivity index (χ1v) is 16.9. The fraction of sp³-hybridized carbons (Fsp3) is 0.405. The first-order valence-electron chi connectivity index (χ1n) is 16.9. The number of piperidine rings is 1. The van der Waals surface area contributed by atoms with Gasteiger partial charge in [0.1, 0.15) is 24.7 Å². The second-order valence-electron chi connectivity index (χ2n) is 12.5. The van der Waals surface area contributed by atoms with Gasteiger partial charge in [0.25, 0.3) is 0 Å². The molecule has 0 bridgehead atoms. The zero-order valence-corrected chi connectivity index (χ0v) is 27.1. The number of hydrazine groups is 1. The van der Waals surface area contributed by atoms with Crippen LogP contribution in [0.2, 0.25) is 0 Å². The van der Waals surface area contributed by atoms with Crippen molar-refractivity contribution in [2.24, 2.45) is 10.9 Å². The Morgan fingerprint density at radius 3 is 2.48 bits per heavy atom. The van der Waals surface area contributed by atoms with Gasteiger partial charge in [-0.3, -0.25) is 20.3 Å². The molecule has 3 aromatic carbocycles. The highest BCUT2D eigenvalue weighted by molar-refractivity contribution is 5.98. The number of benzene rings is 3. The molecule has 2 aliphatic heterocycles. The summed E-state index contributed by atoms with van der Waals surface area (Å²) in [6, 6.07) is 24.1. The van der Waals surface area contributed by atoms with Crippen molar-refractivity contribution in [1.29, 1.82) is 0 Å². The molecule has 48 heavy (non-hydrogen) atoms. The topological polar surface area (TPSA) is 122 Å². The average Bonchev–Trinajstić information content (AvgIpc) is 3.10. The molecule has 1 aliphatic carbocycles.